The number of benzene rings is 1. The molecular formula is C15H22N4. The molecule has 102 valence electrons. The van der Waals surface area contributed by atoms with Gasteiger partial charge in [-0.3, -0.25) is 9.97 Å². The van der Waals surface area contributed by atoms with Gasteiger partial charge in [0.1, 0.15) is 0 Å². The summed E-state index contributed by atoms with van der Waals surface area (Å²) >= 11 is 0. The van der Waals surface area contributed by atoms with Crippen molar-refractivity contribution in [2.75, 3.05) is 13.1 Å². The van der Waals surface area contributed by atoms with E-state index in [2.05, 4.69) is 46.6 Å². The first-order chi connectivity index (χ1) is 9.25. The molecule has 1 heterocycles. The number of rotatable bonds is 7. The van der Waals surface area contributed by atoms with Crippen molar-refractivity contribution in [2.45, 2.75) is 32.9 Å². The second-order valence-corrected chi connectivity index (χ2v) is 5.02. The molecule has 1 aromatic carbocycles. The first kappa shape index (κ1) is 13.9. The number of fused-ring (bicyclic) bond motifs is 1. The smallest absolute Gasteiger partial charge is 0.0890 e. The van der Waals surface area contributed by atoms with Crippen LogP contribution in [-0.2, 0) is 6.54 Å². The molecule has 19 heavy (non-hydrogen) atoms. The highest BCUT2D eigenvalue weighted by molar-refractivity contribution is 5.74. The van der Waals surface area contributed by atoms with Crippen molar-refractivity contribution in [3.05, 3.63) is 36.2 Å². The molecule has 2 N–H and O–H groups in total. The lowest BCUT2D eigenvalue weighted by Crippen LogP contribution is -2.26. The molecule has 4 heteroatoms. The Morgan fingerprint density at radius 2 is 1.84 bits per heavy atom. The Balaban J connectivity index is 1.75. The zero-order chi connectivity index (χ0) is 13.5. The van der Waals surface area contributed by atoms with Crippen LogP contribution in [0.1, 0.15) is 25.8 Å². The van der Waals surface area contributed by atoms with Gasteiger partial charge in [0, 0.05) is 25.0 Å². The van der Waals surface area contributed by atoms with E-state index in [4.69, 9.17) is 0 Å². The van der Waals surface area contributed by atoms with Gasteiger partial charge in [-0.2, -0.15) is 0 Å². The van der Waals surface area contributed by atoms with Gasteiger partial charge in [-0.05, 0) is 37.2 Å². The molecular weight excluding hydrogens is 236 g/mol. The van der Waals surface area contributed by atoms with E-state index < -0.39 is 0 Å². The molecule has 0 radical (unpaired) electrons. The summed E-state index contributed by atoms with van der Waals surface area (Å²) in [6.45, 7) is 7.31. The van der Waals surface area contributed by atoms with Crippen molar-refractivity contribution in [2.24, 2.45) is 0 Å². The maximum atomic E-state index is 4.32. The summed E-state index contributed by atoms with van der Waals surface area (Å²) in [6, 6.07) is 6.80. The quantitative estimate of drug-likeness (QED) is 0.747. The Kier molecular flexibility index (Phi) is 5.24. The van der Waals surface area contributed by atoms with E-state index in [0.29, 0.717) is 6.04 Å². The normalized spacial score (nSPS) is 11.3. The predicted octanol–water partition coefficient (Wildman–Crippen LogP) is 2.11. The third kappa shape index (κ3) is 4.58. The summed E-state index contributed by atoms with van der Waals surface area (Å²) in [5.74, 6) is 0. The van der Waals surface area contributed by atoms with E-state index in [0.717, 1.165) is 37.1 Å². The molecule has 0 spiro atoms. The maximum absolute atomic E-state index is 4.32. The fourth-order valence-electron chi connectivity index (χ4n) is 1.96. The number of nitrogens with one attached hydrogen (secondary N) is 2. The molecule has 0 amide bonds. The highest BCUT2D eigenvalue weighted by Gasteiger charge is 1.98. The molecule has 0 fully saturated rings. The number of hydrogen-bond acceptors (Lipinski definition) is 4. The lowest BCUT2D eigenvalue weighted by molar-refractivity contribution is 0.547. The average Bonchev–Trinajstić information content (AvgIpc) is 2.42. The summed E-state index contributed by atoms with van der Waals surface area (Å²) in [4.78, 5) is 8.59. The van der Waals surface area contributed by atoms with Crippen LogP contribution in [-0.4, -0.2) is 29.1 Å². The van der Waals surface area contributed by atoms with Gasteiger partial charge in [0.15, 0.2) is 0 Å². The van der Waals surface area contributed by atoms with Crippen LogP contribution < -0.4 is 10.6 Å². The van der Waals surface area contributed by atoms with Gasteiger partial charge in [-0.1, -0.05) is 19.9 Å². The third-order valence-corrected chi connectivity index (χ3v) is 2.95. The molecule has 0 aliphatic rings. The second-order valence-electron chi connectivity index (χ2n) is 5.02. The van der Waals surface area contributed by atoms with Crippen LogP contribution in [0, 0.1) is 0 Å². The first-order valence-corrected chi connectivity index (χ1v) is 6.89. The summed E-state index contributed by atoms with van der Waals surface area (Å²) in [5, 5.41) is 6.86. The van der Waals surface area contributed by atoms with Gasteiger partial charge >= 0.3 is 0 Å². The van der Waals surface area contributed by atoms with Crippen LogP contribution in [0.15, 0.2) is 30.6 Å². The fourth-order valence-corrected chi connectivity index (χ4v) is 1.96. The SMILES string of the molecule is CC(C)NCCCNCc1ccc2nccnc2c1. The Labute approximate surface area is 114 Å². The molecule has 0 saturated heterocycles. The van der Waals surface area contributed by atoms with Crippen LogP contribution in [0.5, 0.6) is 0 Å². The fraction of sp³-hybridized carbons (Fsp3) is 0.467. The van der Waals surface area contributed by atoms with Crippen LogP contribution >= 0.6 is 0 Å². The zero-order valence-corrected chi connectivity index (χ0v) is 11.7. The van der Waals surface area contributed by atoms with Gasteiger partial charge in [-0.25, -0.2) is 0 Å². The molecule has 1 aromatic heterocycles. The van der Waals surface area contributed by atoms with Crippen LogP contribution in [0.2, 0.25) is 0 Å². The van der Waals surface area contributed by atoms with E-state index in [-0.39, 0.29) is 0 Å². The second kappa shape index (κ2) is 7.16. The summed E-state index contributed by atoms with van der Waals surface area (Å²) in [5.41, 5.74) is 3.17. The van der Waals surface area contributed by atoms with Crippen LogP contribution in [0.25, 0.3) is 11.0 Å². The predicted molar refractivity (Wildman–Crippen MR) is 79.0 cm³/mol. The van der Waals surface area contributed by atoms with Crippen LogP contribution in [0.4, 0.5) is 0 Å². The van der Waals surface area contributed by atoms with E-state index >= 15 is 0 Å². The molecule has 2 rings (SSSR count). The Hall–Kier alpha value is -1.52. The van der Waals surface area contributed by atoms with E-state index in [9.17, 15) is 0 Å². The number of hydrogen-bond donors (Lipinski definition) is 2. The minimum atomic E-state index is 0.569. The van der Waals surface area contributed by atoms with E-state index in [1.165, 1.54) is 5.56 Å². The number of aromatic nitrogens is 2. The van der Waals surface area contributed by atoms with Gasteiger partial charge in [0.2, 0.25) is 0 Å². The molecule has 0 aliphatic heterocycles. The lowest BCUT2D eigenvalue weighted by atomic mass is 10.2. The summed E-state index contributed by atoms with van der Waals surface area (Å²) in [7, 11) is 0. The largest absolute Gasteiger partial charge is 0.314 e. The van der Waals surface area contributed by atoms with E-state index in [1.54, 1.807) is 12.4 Å². The van der Waals surface area contributed by atoms with Gasteiger partial charge in [-0.15, -0.1) is 0 Å². The molecule has 0 saturated carbocycles. The highest BCUT2D eigenvalue weighted by Crippen LogP contribution is 2.10. The standard InChI is InChI=1S/C15H22N4/c1-12(2)17-7-3-6-16-11-13-4-5-14-15(10-13)19-9-8-18-14/h4-5,8-10,12,16-17H,3,6-7,11H2,1-2H3. The summed E-state index contributed by atoms with van der Waals surface area (Å²) < 4.78 is 0. The van der Waals surface area contributed by atoms with Crippen molar-refractivity contribution in [3.63, 3.8) is 0 Å². The molecule has 2 aromatic rings. The van der Waals surface area contributed by atoms with Crippen molar-refractivity contribution in [1.29, 1.82) is 0 Å². The third-order valence-electron chi connectivity index (χ3n) is 2.95. The number of nitrogens with zero attached hydrogens (tertiary/aromatic N) is 2. The lowest BCUT2D eigenvalue weighted by Gasteiger charge is -2.08. The van der Waals surface area contributed by atoms with Crippen molar-refractivity contribution in [1.82, 2.24) is 20.6 Å². The van der Waals surface area contributed by atoms with E-state index in [1.807, 2.05) is 6.07 Å². The monoisotopic (exact) mass is 258 g/mol. The topological polar surface area (TPSA) is 49.8 Å². The zero-order valence-electron chi connectivity index (χ0n) is 11.7. The Morgan fingerprint density at radius 3 is 2.63 bits per heavy atom. The van der Waals surface area contributed by atoms with Crippen LogP contribution in [0.3, 0.4) is 0 Å². The molecule has 0 unspecified atom stereocenters. The van der Waals surface area contributed by atoms with Crippen molar-refractivity contribution in [3.8, 4) is 0 Å². The molecule has 4 nitrogen and oxygen atoms in total. The Bertz CT molecular complexity index is 510. The average molecular weight is 258 g/mol. The van der Waals surface area contributed by atoms with Crippen molar-refractivity contribution >= 4 is 11.0 Å². The van der Waals surface area contributed by atoms with Gasteiger partial charge < -0.3 is 10.6 Å². The minimum Gasteiger partial charge on any atom is -0.314 e. The first-order valence-electron chi connectivity index (χ1n) is 6.89. The van der Waals surface area contributed by atoms with Gasteiger partial charge in [0.25, 0.3) is 0 Å². The van der Waals surface area contributed by atoms with Gasteiger partial charge in [0.05, 0.1) is 11.0 Å². The maximum Gasteiger partial charge on any atom is 0.0890 e. The summed E-state index contributed by atoms with van der Waals surface area (Å²) in [6.07, 6.45) is 4.60. The minimum absolute atomic E-state index is 0.569. The molecule has 0 bridgehead atoms. The molecule has 0 atom stereocenters. The highest BCUT2D eigenvalue weighted by atomic mass is 14.9. The molecule has 0 aliphatic carbocycles. The Morgan fingerprint density at radius 1 is 1.05 bits per heavy atom. The van der Waals surface area contributed by atoms with Crippen molar-refractivity contribution < 1.29 is 0 Å².